The Bertz CT molecular complexity index is 273. The van der Waals surface area contributed by atoms with E-state index in [1.807, 2.05) is 25.7 Å². The fourth-order valence-electron chi connectivity index (χ4n) is 2.39. The Hall–Kier alpha value is -0.770. The summed E-state index contributed by atoms with van der Waals surface area (Å²) in [5, 5.41) is 0. The van der Waals surface area contributed by atoms with Crippen molar-refractivity contribution < 1.29 is 9.53 Å². The van der Waals surface area contributed by atoms with Crippen LogP contribution in [0.1, 0.15) is 53.4 Å². The van der Waals surface area contributed by atoms with Crippen LogP contribution in [0, 0.1) is 5.92 Å². The van der Waals surface area contributed by atoms with Crippen molar-refractivity contribution in [3.63, 3.8) is 0 Å². The van der Waals surface area contributed by atoms with Gasteiger partial charge in [0.05, 0.1) is 0 Å². The molecule has 1 amide bonds. The summed E-state index contributed by atoms with van der Waals surface area (Å²) >= 11 is 0. The average molecular weight is 256 g/mol. The van der Waals surface area contributed by atoms with Gasteiger partial charge in [0.1, 0.15) is 5.60 Å². The Kier molecular flexibility index (Phi) is 5.45. The number of ether oxygens (including phenoxy) is 1. The maximum Gasteiger partial charge on any atom is 0.410 e. The van der Waals surface area contributed by atoms with E-state index in [9.17, 15) is 4.79 Å². The van der Waals surface area contributed by atoms with Gasteiger partial charge in [-0.05, 0) is 52.4 Å². The molecule has 106 valence electrons. The quantitative estimate of drug-likeness (QED) is 0.826. The van der Waals surface area contributed by atoms with E-state index in [4.69, 9.17) is 10.5 Å². The second-order valence-electron chi connectivity index (χ2n) is 6.23. The van der Waals surface area contributed by atoms with Crippen LogP contribution in [0.2, 0.25) is 0 Å². The first kappa shape index (κ1) is 15.3. The van der Waals surface area contributed by atoms with Crippen LogP contribution in [0.25, 0.3) is 0 Å². The molecule has 2 atom stereocenters. The number of amides is 1. The predicted molar refractivity (Wildman–Crippen MR) is 73.4 cm³/mol. The molecule has 18 heavy (non-hydrogen) atoms. The standard InChI is InChI=1S/C14H28N2O2/c1-5-12(15)11-7-6-9-16(10-8-11)13(17)18-14(2,3)4/h11-12H,5-10,15H2,1-4H3. The number of carbonyl (C=O) groups excluding carboxylic acids is 1. The molecule has 0 radical (unpaired) electrons. The molecule has 1 saturated heterocycles. The number of hydrogen-bond donors (Lipinski definition) is 1. The molecule has 2 N–H and O–H groups in total. The minimum Gasteiger partial charge on any atom is -0.444 e. The number of hydrogen-bond acceptors (Lipinski definition) is 3. The molecule has 0 bridgehead atoms. The van der Waals surface area contributed by atoms with E-state index in [0.29, 0.717) is 5.92 Å². The van der Waals surface area contributed by atoms with Gasteiger partial charge < -0.3 is 15.4 Å². The second kappa shape index (κ2) is 6.41. The molecule has 0 aromatic rings. The van der Waals surface area contributed by atoms with Crippen molar-refractivity contribution in [2.24, 2.45) is 11.7 Å². The zero-order valence-electron chi connectivity index (χ0n) is 12.2. The van der Waals surface area contributed by atoms with Gasteiger partial charge in [-0.25, -0.2) is 4.79 Å². The normalized spacial score (nSPS) is 23.4. The van der Waals surface area contributed by atoms with Gasteiger partial charge in [-0.1, -0.05) is 6.92 Å². The number of rotatable bonds is 2. The number of nitrogens with zero attached hydrogens (tertiary/aromatic N) is 1. The van der Waals surface area contributed by atoms with Crippen molar-refractivity contribution >= 4 is 6.09 Å². The highest BCUT2D eigenvalue weighted by atomic mass is 16.6. The highest BCUT2D eigenvalue weighted by Gasteiger charge is 2.26. The summed E-state index contributed by atoms with van der Waals surface area (Å²) in [6.07, 6.45) is 3.96. The monoisotopic (exact) mass is 256 g/mol. The lowest BCUT2D eigenvalue weighted by Gasteiger charge is -2.26. The largest absolute Gasteiger partial charge is 0.444 e. The maximum atomic E-state index is 12.0. The van der Waals surface area contributed by atoms with Crippen LogP contribution in [0.4, 0.5) is 4.79 Å². The molecule has 0 aromatic heterocycles. The molecular weight excluding hydrogens is 228 g/mol. The summed E-state index contributed by atoms with van der Waals surface area (Å²) in [4.78, 5) is 13.8. The molecule has 1 aliphatic heterocycles. The molecule has 0 spiro atoms. The van der Waals surface area contributed by atoms with Crippen molar-refractivity contribution in [2.75, 3.05) is 13.1 Å². The number of carbonyl (C=O) groups is 1. The van der Waals surface area contributed by atoms with Crippen LogP contribution < -0.4 is 5.73 Å². The Balaban J connectivity index is 2.49. The first-order valence-corrected chi connectivity index (χ1v) is 7.07. The SMILES string of the molecule is CCC(N)C1CCCN(C(=O)OC(C)(C)C)CC1. The molecule has 4 heteroatoms. The molecule has 2 unspecified atom stereocenters. The average Bonchev–Trinajstić information content (AvgIpc) is 2.51. The minimum atomic E-state index is -0.414. The van der Waals surface area contributed by atoms with Crippen molar-refractivity contribution in [3.8, 4) is 0 Å². The fraction of sp³-hybridized carbons (Fsp3) is 0.929. The van der Waals surface area contributed by atoms with Crippen LogP contribution in [0.3, 0.4) is 0 Å². The Labute approximate surface area is 111 Å². The van der Waals surface area contributed by atoms with Crippen LogP contribution in [0.5, 0.6) is 0 Å². The third-order valence-corrected chi connectivity index (χ3v) is 3.50. The van der Waals surface area contributed by atoms with E-state index in [1.54, 1.807) is 0 Å². The van der Waals surface area contributed by atoms with E-state index in [1.165, 1.54) is 0 Å². The van der Waals surface area contributed by atoms with Gasteiger partial charge in [-0.2, -0.15) is 0 Å². The fourth-order valence-corrected chi connectivity index (χ4v) is 2.39. The van der Waals surface area contributed by atoms with Crippen molar-refractivity contribution in [3.05, 3.63) is 0 Å². The van der Waals surface area contributed by atoms with E-state index in [-0.39, 0.29) is 12.1 Å². The maximum absolute atomic E-state index is 12.0. The number of likely N-dealkylation sites (tertiary alicyclic amines) is 1. The smallest absolute Gasteiger partial charge is 0.410 e. The summed E-state index contributed by atoms with van der Waals surface area (Å²) in [5.74, 6) is 0.544. The molecular formula is C14H28N2O2. The first-order chi connectivity index (χ1) is 8.33. The summed E-state index contributed by atoms with van der Waals surface area (Å²) < 4.78 is 5.41. The van der Waals surface area contributed by atoms with Crippen LogP contribution >= 0.6 is 0 Å². The predicted octanol–water partition coefficient (Wildman–Crippen LogP) is 2.76. The van der Waals surface area contributed by atoms with Crippen LogP contribution in [-0.4, -0.2) is 35.7 Å². The van der Waals surface area contributed by atoms with E-state index < -0.39 is 5.60 Å². The number of nitrogens with two attached hydrogens (primary N) is 1. The molecule has 1 rings (SSSR count). The third kappa shape index (κ3) is 4.84. The molecule has 1 fully saturated rings. The molecule has 0 saturated carbocycles. The van der Waals surface area contributed by atoms with E-state index in [2.05, 4.69) is 6.92 Å². The molecule has 4 nitrogen and oxygen atoms in total. The molecule has 1 heterocycles. The first-order valence-electron chi connectivity index (χ1n) is 7.07. The highest BCUT2D eigenvalue weighted by molar-refractivity contribution is 5.68. The zero-order chi connectivity index (χ0) is 13.8. The van der Waals surface area contributed by atoms with Crippen LogP contribution in [-0.2, 0) is 4.74 Å². The lowest BCUT2D eigenvalue weighted by molar-refractivity contribution is 0.0254. The Morgan fingerprint density at radius 1 is 1.39 bits per heavy atom. The summed E-state index contributed by atoms with van der Waals surface area (Å²) in [5.41, 5.74) is 5.69. The van der Waals surface area contributed by atoms with E-state index >= 15 is 0 Å². The lowest BCUT2D eigenvalue weighted by Crippen LogP contribution is -2.38. The zero-order valence-corrected chi connectivity index (χ0v) is 12.2. The van der Waals surface area contributed by atoms with Crippen LogP contribution in [0.15, 0.2) is 0 Å². The molecule has 0 aliphatic carbocycles. The molecule has 0 aromatic carbocycles. The summed E-state index contributed by atoms with van der Waals surface area (Å²) in [6.45, 7) is 9.39. The topological polar surface area (TPSA) is 55.6 Å². The molecule has 1 aliphatic rings. The van der Waals surface area contributed by atoms with Gasteiger partial charge in [0.15, 0.2) is 0 Å². The van der Waals surface area contributed by atoms with Crippen molar-refractivity contribution in [1.82, 2.24) is 4.90 Å². The van der Waals surface area contributed by atoms with Crippen molar-refractivity contribution in [1.29, 1.82) is 0 Å². The van der Waals surface area contributed by atoms with Gasteiger partial charge in [-0.3, -0.25) is 0 Å². The van der Waals surface area contributed by atoms with Gasteiger partial charge in [0, 0.05) is 19.1 Å². The minimum absolute atomic E-state index is 0.187. The summed E-state index contributed by atoms with van der Waals surface area (Å²) in [6, 6.07) is 0.267. The lowest BCUT2D eigenvalue weighted by atomic mass is 9.91. The Morgan fingerprint density at radius 3 is 2.61 bits per heavy atom. The Morgan fingerprint density at radius 2 is 2.06 bits per heavy atom. The van der Waals surface area contributed by atoms with Gasteiger partial charge in [0.25, 0.3) is 0 Å². The van der Waals surface area contributed by atoms with Gasteiger partial charge >= 0.3 is 6.09 Å². The second-order valence-corrected chi connectivity index (χ2v) is 6.23. The van der Waals surface area contributed by atoms with Gasteiger partial charge in [-0.15, -0.1) is 0 Å². The van der Waals surface area contributed by atoms with Crippen molar-refractivity contribution in [2.45, 2.75) is 65.0 Å². The highest BCUT2D eigenvalue weighted by Crippen LogP contribution is 2.22. The summed E-state index contributed by atoms with van der Waals surface area (Å²) in [7, 11) is 0. The third-order valence-electron chi connectivity index (χ3n) is 3.50. The van der Waals surface area contributed by atoms with E-state index in [0.717, 1.165) is 38.8 Å². The van der Waals surface area contributed by atoms with Gasteiger partial charge in [0.2, 0.25) is 0 Å².